The number of ether oxygens (including phenoxy) is 1. The summed E-state index contributed by atoms with van der Waals surface area (Å²) in [6.45, 7) is 1.39. The molecular weight excluding hydrogens is 320 g/mol. The van der Waals surface area contributed by atoms with Gasteiger partial charge in [0.25, 0.3) is 5.89 Å². The Kier molecular flexibility index (Phi) is 5.05. The van der Waals surface area contributed by atoms with Gasteiger partial charge < -0.3 is 9.26 Å². The van der Waals surface area contributed by atoms with Crippen molar-refractivity contribution in [3.05, 3.63) is 53.6 Å². The first-order valence-corrected chi connectivity index (χ1v) is 7.91. The van der Waals surface area contributed by atoms with E-state index in [9.17, 15) is 9.65 Å². The molecule has 1 heterocycles. The molecule has 2 aromatic carbocycles. The fraction of sp³-hybridized carbons (Fsp3) is 0.211. The summed E-state index contributed by atoms with van der Waals surface area (Å²) in [6, 6.07) is 14.9. The van der Waals surface area contributed by atoms with Crippen molar-refractivity contribution >= 4 is 0 Å². The SMILES string of the molecule is CCc1ccc(-c2noc(-c3ccc(OCC[18F])c(C#N)c3)n2)cc1. The lowest BCUT2D eigenvalue weighted by Gasteiger charge is -2.06. The van der Waals surface area contributed by atoms with Crippen LogP contribution in [0, 0.1) is 11.3 Å². The summed E-state index contributed by atoms with van der Waals surface area (Å²) in [6.07, 6.45) is 0.964. The second-order valence-corrected chi connectivity index (χ2v) is 5.33. The molecule has 0 saturated heterocycles. The Hall–Kier alpha value is -3.20. The van der Waals surface area contributed by atoms with Crippen LogP contribution in [0.4, 0.5) is 4.39 Å². The fourth-order valence-corrected chi connectivity index (χ4v) is 2.37. The molecule has 0 N–H and O–H groups in total. The van der Waals surface area contributed by atoms with Gasteiger partial charge in [0.1, 0.15) is 25.1 Å². The standard InChI is InChI=1S/C19H16FN3O2/c1-2-13-3-5-14(6-4-13)18-22-19(25-23-18)15-7-8-17(24-10-9-20)16(11-15)12-21/h3-8,11H,2,9-10H2,1H3/i20-1. The predicted molar refractivity (Wildman–Crippen MR) is 90.7 cm³/mol. The van der Waals surface area contributed by atoms with E-state index in [1.165, 1.54) is 5.56 Å². The molecular formula is C19H16FN3O2. The van der Waals surface area contributed by atoms with Crippen LogP contribution in [0.5, 0.6) is 5.75 Å². The monoisotopic (exact) mass is 336 g/mol. The van der Waals surface area contributed by atoms with Gasteiger partial charge in [0.15, 0.2) is 0 Å². The molecule has 25 heavy (non-hydrogen) atoms. The van der Waals surface area contributed by atoms with Crippen LogP contribution in [0.25, 0.3) is 22.8 Å². The highest BCUT2D eigenvalue weighted by molar-refractivity contribution is 5.63. The van der Waals surface area contributed by atoms with Crippen molar-refractivity contribution in [3.8, 4) is 34.7 Å². The molecule has 1 aromatic heterocycles. The number of hydrogen-bond acceptors (Lipinski definition) is 5. The number of nitrogens with zero attached hydrogens (tertiary/aromatic N) is 3. The molecule has 3 rings (SSSR count). The normalized spacial score (nSPS) is 10.4. The van der Waals surface area contributed by atoms with Crippen LogP contribution in [0.2, 0.25) is 0 Å². The molecule has 5 nitrogen and oxygen atoms in total. The van der Waals surface area contributed by atoms with Crippen molar-refractivity contribution in [2.75, 3.05) is 13.3 Å². The maximum absolute atomic E-state index is 12.2. The molecule has 0 aliphatic rings. The summed E-state index contributed by atoms with van der Waals surface area (Å²) < 4.78 is 22.7. The van der Waals surface area contributed by atoms with E-state index in [1.54, 1.807) is 18.2 Å². The smallest absolute Gasteiger partial charge is 0.258 e. The number of aromatic nitrogens is 2. The van der Waals surface area contributed by atoms with Crippen LogP contribution in [0.15, 0.2) is 47.0 Å². The lowest BCUT2D eigenvalue weighted by Crippen LogP contribution is -2.00. The molecule has 0 fully saturated rings. The van der Waals surface area contributed by atoms with Gasteiger partial charge in [-0.15, -0.1) is 0 Å². The molecule has 3 aromatic rings. The molecule has 0 aliphatic carbocycles. The Morgan fingerprint density at radius 3 is 2.60 bits per heavy atom. The third kappa shape index (κ3) is 3.66. The number of hydrogen-bond donors (Lipinski definition) is 0. The number of alkyl halides is 1. The van der Waals surface area contributed by atoms with E-state index in [0.29, 0.717) is 23.0 Å². The van der Waals surface area contributed by atoms with E-state index >= 15 is 0 Å². The minimum absolute atomic E-state index is 0.0908. The maximum atomic E-state index is 12.2. The highest BCUT2D eigenvalue weighted by Gasteiger charge is 2.13. The molecule has 0 amide bonds. The van der Waals surface area contributed by atoms with Crippen LogP contribution < -0.4 is 4.74 Å². The summed E-state index contributed by atoms with van der Waals surface area (Å²) in [5.74, 6) is 1.12. The summed E-state index contributed by atoms with van der Waals surface area (Å²) >= 11 is 0. The first-order valence-electron chi connectivity index (χ1n) is 7.91. The van der Waals surface area contributed by atoms with Gasteiger partial charge in [-0.1, -0.05) is 36.3 Å². The largest absolute Gasteiger partial charge is 0.489 e. The Morgan fingerprint density at radius 1 is 1.16 bits per heavy atom. The molecule has 0 bridgehead atoms. The van der Waals surface area contributed by atoms with E-state index in [1.807, 2.05) is 30.3 Å². The average Bonchev–Trinajstić information content (AvgIpc) is 3.16. The van der Waals surface area contributed by atoms with E-state index in [4.69, 9.17) is 9.26 Å². The molecule has 0 saturated carbocycles. The third-order valence-corrected chi connectivity index (χ3v) is 3.73. The molecule has 0 unspecified atom stereocenters. The highest BCUT2D eigenvalue weighted by Crippen LogP contribution is 2.27. The lowest BCUT2D eigenvalue weighted by molar-refractivity contribution is 0.272. The number of benzene rings is 2. The minimum atomic E-state index is -0.615. The van der Waals surface area contributed by atoms with Gasteiger partial charge in [-0.3, -0.25) is 0 Å². The average molecular weight is 336 g/mol. The van der Waals surface area contributed by atoms with Gasteiger partial charge in [-0.25, -0.2) is 4.39 Å². The predicted octanol–water partition coefficient (Wildman–Crippen LogP) is 4.19. The fourth-order valence-electron chi connectivity index (χ4n) is 2.37. The third-order valence-electron chi connectivity index (χ3n) is 3.73. The van der Waals surface area contributed by atoms with Crippen molar-refractivity contribution in [2.24, 2.45) is 0 Å². The number of nitriles is 1. The van der Waals surface area contributed by atoms with Crippen molar-refractivity contribution in [2.45, 2.75) is 13.3 Å². The summed E-state index contributed by atoms with van der Waals surface area (Å²) in [5.41, 5.74) is 2.98. The Morgan fingerprint density at radius 2 is 1.92 bits per heavy atom. The van der Waals surface area contributed by atoms with Crippen LogP contribution in [0.3, 0.4) is 0 Å². The first kappa shape index (κ1) is 16.7. The van der Waals surface area contributed by atoms with E-state index in [2.05, 4.69) is 17.1 Å². The molecule has 0 radical (unpaired) electrons. The van der Waals surface area contributed by atoms with Crippen molar-refractivity contribution in [1.82, 2.24) is 10.1 Å². The summed E-state index contributed by atoms with van der Waals surface area (Å²) in [5, 5.41) is 13.2. The van der Waals surface area contributed by atoms with Crippen LogP contribution in [-0.4, -0.2) is 23.4 Å². The topological polar surface area (TPSA) is 71.9 Å². The van der Waals surface area contributed by atoms with E-state index in [0.717, 1.165) is 12.0 Å². The molecule has 0 atom stereocenters. The number of aryl methyl sites for hydroxylation is 1. The maximum Gasteiger partial charge on any atom is 0.258 e. The van der Waals surface area contributed by atoms with E-state index < -0.39 is 6.67 Å². The molecule has 0 spiro atoms. The zero-order chi connectivity index (χ0) is 17.6. The van der Waals surface area contributed by atoms with Gasteiger partial charge in [-0.2, -0.15) is 10.2 Å². The second-order valence-electron chi connectivity index (χ2n) is 5.33. The van der Waals surface area contributed by atoms with Crippen LogP contribution >= 0.6 is 0 Å². The van der Waals surface area contributed by atoms with Gasteiger partial charge in [-0.05, 0) is 30.2 Å². The number of halogens is 1. The van der Waals surface area contributed by atoms with E-state index in [-0.39, 0.29) is 12.2 Å². The molecule has 126 valence electrons. The quantitative estimate of drug-likeness (QED) is 0.675. The minimum Gasteiger partial charge on any atom is -0.489 e. The van der Waals surface area contributed by atoms with Crippen molar-refractivity contribution in [1.29, 1.82) is 5.26 Å². The van der Waals surface area contributed by atoms with Gasteiger partial charge in [0.2, 0.25) is 5.82 Å². The van der Waals surface area contributed by atoms with Gasteiger partial charge in [0.05, 0.1) is 5.56 Å². The zero-order valence-corrected chi connectivity index (χ0v) is 13.7. The van der Waals surface area contributed by atoms with Crippen LogP contribution in [0.1, 0.15) is 18.1 Å². The van der Waals surface area contributed by atoms with Crippen molar-refractivity contribution < 1.29 is 13.7 Å². The summed E-state index contributed by atoms with van der Waals surface area (Å²) in [4.78, 5) is 4.39. The zero-order valence-electron chi connectivity index (χ0n) is 13.7. The Bertz CT molecular complexity index is 898. The lowest BCUT2D eigenvalue weighted by atomic mass is 10.1. The second kappa shape index (κ2) is 7.58. The van der Waals surface area contributed by atoms with Crippen molar-refractivity contribution in [3.63, 3.8) is 0 Å². The Balaban J connectivity index is 1.87. The number of rotatable bonds is 6. The molecule has 6 heteroatoms. The summed E-state index contributed by atoms with van der Waals surface area (Å²) in [7, 11) is 0. The van der Waals surface area contributed by atoms with Gasteiger partial charge >= 0.3 is 0 Å². The first-order chi connectivity index (χ1) is 12.2. The van der Waals surface area contributed by atoms with Gasteiger partial charge in [0, 0.05) is 11.1 Å². The Labute approximate surface area is 144 Å². The molecule has 0 aliphatic heterocycles. The highest BCUT2D eigenvalue weighted by atomic mass is 18.2. The van der Waals surface area contributed by atoms with Crippen LogP contribution in [-0.2, 0) is 6.42 Å².